The lowest BCUT2D eigenvalue weighted by Gasteiger charge is -2.34. The van der Waals surface area contributed by atoms with Crippen molar-refractivity contribution in [2.75, 3.05) is 26.2 Å². The van der Waals surface area contributed by atoms with Crippen LogP contribution < -0.4 is 5.43 Å². The van der Waals surface area contributed by atoms with Gasteiger partial charge in [-0.3, -0.25) is 14.4 Å². The molecule has 2 aromatic carbocycles. The van der Waals surface area contributed by atoms with Crippen molar-refractivity contribution in [3.05, 3.63) is 82.2 Å². The summed E-state index contributed by atoms with van der Waals surface area (Å²) in [6, 6.07) is 18.3. The number of fused-ring (bicyclic) bond motifs is 1. The number of amides is 2. The molecule has 2 fully saturated rings. The molecular formula is C24H22N2O4. The normalized spacial score (nSPS) is 20.9. The Morgan fingerprint density at radius 1 is 0.867 bits per heavy atom. The molecule has 0 radical (unpaired) electrons. The highest BCUT2D eigenvalue weighted by atomic mass is 16.3. The van der Waals surface area contributed by atoms with Gasteiger partial charge in [-0.1, -0.05) is 42.5 Å². The van der Waals surface area contributed by atoms with E-state index in [-0.39, 0.29) is 28.9 Å². The molecule has 3 aromatic rings. The maximum Gasteiger partial charge on any atom is 0.289 e. The van der Waals surface area contributed by atoms with Gasteiger partial charge in [-0.25, -0.2) is 0 Å². The molecule has 2 aliphatic rings. The van der Waals surface area contributed by atoms with Gasteiger partial charge in [0, 0.05) is 38.2 Å². The lowest BCUT2D eigenvalue weighted by atomic mass is 10.1. The smallest absolute Gasteiger partial charge is 0.289 e. The van der Waals surface area contributed by atoms with E-state index < -0.39 is 0 Å². The van der Waals surface area contributed by atoms with Crippen molar-refractivity contribution in [2.24, 2.45) is 5.92 Å². The van der Waals surface area contributed by atoms with Crippen LogP contribution in [-0.4, -0.2) is 47.8 Å². The van der Waals surface area contributed by atoms with E-state index in [1.165, 1.54) is 11.6 Å². The molecule has 1 aromatic heterocycles. The predicted octanol–water partition coefficient (Wildman–Crippen LogP) is 2.88. The van der Waals surface area contributed by atoms with Gasteiger partial charge in [-0.15, -0.1) is 0 Å². The second-order valence-corrected chi connectivity index (χ2v) is 7.95. The second kappa shape index (κ2) is 7.44. The van der Waals surface area contributed by atoms with Crippen molar-refractivity contribution in [3.8, 4) is 0 Å². The van der Waals surface area contributed by atoms with Gasteiger partial charge in [0.05, 0.1) is 5.39 Å². The fraction of sp³-hybridized carbons (Fsp3) is 0.292. The molecule has 2 amide bonds. The fourth-order valence-electron chi connectivity index (χ4n) is 4.27. The summed E-state index contributed by atoms with van der Waals surface area (Å²) in [6.07, 6.45) is 0.893. The Hall–Kier alpha value is -3.41. The molecule has 30 heavy (non-hydrogen) atoms. The highest BCUT2D eigenvalue weighted by molar-refractivity contribution is 5.93. The van der Waals surface area contributed by atoms with Gasteiger partial charge in [0.1, 0.15) is 5.58 Å². The third-order valence-electron chi connectivity index (χ3n) is 6.06. The molecule has 5 rings (SSSR count). The van der Waals surface area contributed by atoms with E-state index in [0.29, 0.717) is 43.1 Å². The maximum atomic E-state index is 12.8. The van der Waals surface area contributed by atoms with E-state index in [2.05, 4.69) is 12.1 Å². The number of piperazine rings is 1. The van der Waals surface area contributed by atoms with Crippen molar-refractivity contribution < 1.29 is 14.0 Å². The Kier molecular flexibility index (Phi) is 4.62. The largest absolute Gasteiger partial charge is 0.451 e. The van der Waals surface area contributed by atoms with Crippen LogP contribution in [0.5, 0.6) is 0 Å². The molecule has 1 saturated heterocycles. The van der Waals surface area contributed by atoms with Crippen LogP contribution in [0.25, 0.3) is 11.0 Å². The van der Waals surface area contributed by atoms with Gasteiger partial charge in [-0.05, 0) is 30.0 Å². The Balaban J connectivity index is 1.23. The zero-order valence-electron chi connectivity index (χ0n) is 16.5. The van der Waals surface area contributed by atoms with Crippen LogP contribution in [-0.2, 0) is 4.79 Å². The van der Waals surface area contributed by atoms with Crippen molar-refractivity contribution in [3.63, 3.8) is 0 Å². The number of benzene rings is 2. The Morgan fingerprint density at radius 3 is 2.30 bits per heavy atom. The molecule has 0 bridgehead atoms. The highest BCUT2D eigenvalue weighted by Gasteiger charge is 2.46. The van der Waals surface area contributed by atoms with E-state index >= 15 is 0 Å². The van der Waals surface area contributed by atoms with Crippen molar-refractivity contribution in [2.45, 2.75) is 12.3 Å². The van der Waals surface area contributed by atoms with Gasteiger partial charge in [0.25, 0.3) is 5.91 Å². The van der Waals surface area contributed by atoms with Crippen LogP contribution in [0.2, 0.25) is 0 Å². The lowest BCUT2D eigenvalue weighted by molar-refractivity contribution is -0.134. The van der Waals surface area contributed by atoms with E-state index in [9.17, 15) is 14.4 Å². The van der Waals surface area contributed by atoms with Gasteiger partial charge in [-0.2, -0.15) is 0 Å². The summed E-state index contributed by atoms with van der Waals surface area (Å²) in [7, 11) is 0. The van der Waals surface area contributed by atoms with Crippen molar-refractivity contribution in [1.82, 2.24) is 9.80 Å². The van der Waals surface area contributed by atoms with Crippen molar-refractivity contribution >= 4 is 22.8 Å². The minimum absolute atomic E-state index is 0.0461. The average Bonchev–Trinajstić information content (AvgIpc) is 3.60. The standard InChI is InChI=1S/C24H22N2O4/c27-20-15-22(30-21-9-5-4-8-17(20)21)24(29)26-12-10-25(11-13-26)23(28)19-14-18(19)16-6-2-1-3-7-16/h1-9,15,18-19H,10-14H2. The van der Waals surface area contributed by atoms with Gasteiger partial charge in [0.2, 0.25) is 5.91 Å². The number of carbonyl (C=O) groups is 2. The summed E-state index contributed by atoms with van der Waals surface area (Å²) in [5.74, 6) is 0.273. The van der Waals surface area contributed by atoms with E-state index in [0.717, 1.165) is 6.42 Å². The van der Waals surface area contributed by atoms with Crippen LogP contribution in [0.3, 0.4) is 0 Å². The summed E-state index contributed by atoms with van der Waals surface area (Å²) in [6.45, 7) is 1.87. The van der Waals surface area contributed by atoms with Crippen LogP contribution in [0.1, 0.15) is 28.5 Å². The average molecular weight is 402 g/mol. The predicted molar refractivity (Wildman–Crippen MR) is 112 cm³/mol. The number of para-hydroxylation sites is 1. The summed E-state index contributed by atoms with van der Waals surface area (Å²) in [5, 5.41) is 0.460. The van der Waals surface area contributed by atoms with Gasteiger partial charge < -0.3 is 14.2 Å². The van der Waals surface area contributed by atoms with E-state index in [1.807, 2.05) is 23.1 Å². The van der Waals surface area contributed by atoms with Crippen LogP contribution >= 0.6 is 0 Å². The van der Waals surface area contributed by atoms with Gasteiger partial charge >= 0.3 is 0 Å². The molecule has 2 unspecified atom stereocenters. The topological polar surface area (TPSA) is 70.8 Å². The summed E-state index contributed by atoms with van der Waals surface area (Å²) in [4.78, 5) is 41.5. The highest BCUT2D eigenvalue weighted by Crippen LogP contribution is 2.48. The van der Waals surface area contributed by atoms with E-state index in [4.69, 9.17) is 4.42 Å². The van der Waals surface area contributed by atoms with Gasteiger partial charge in [0.15, 0.2) is 11.2 Å². The monoisotopic (exact) mass is 402 g/mol. The zero-order valence-corrected chi connectivity index (χ0v) is 16.5. The summed E-state index contributed by atoms with van der Waals surface area (Å²) < 4.78 is 5.67. The first-order valence-corrected chi connectivity index (χ1v) is 10.3. The number of hydrogen-bond acceptors (Lipinski definition) is 4. The Morgan fingerprint density at radius 2 is 1.53 bits per heavy atom. The molecule has 2 heterocycles. The first-order chi connectivity index (χ1) is 14.6. The third kappa shape index (κ3) is 3.38. The van der Waals surface area contributed by atoms with Crippen LogP contribution in [0.15, 0.2) is 69.9 Å². The van der Waals surface area contributed by atoms with Crippen LogP contribution in [0, 0.1) is 5.92 Å². The fourth-order valence-corrected chi connectivity index (χ4v) is 4.27. The lowest BCUT2D eigenvalue weighted by Crippen LogP contribution is -2.51. The number of nitrogens with zero attached hydrogens (tertiary/aromatic N) is 2. The Bertz CT molecular complexity index is 1160. The molecule has 2 atom stereocenters. The molecule has 152 valence electrons. The maximum absolute atomic E-state index is 12.8. The van der Waals surface area contributed by atoms with Crippen molar-refractivity contribution in [1.29, 1.82) is 0 Å². The summed E-state index contributed by atoms with van der Waals surface area (Å²) >= 11 is 0. The minimum Gasteiger partial charge on any atom is -0.451 e. The third-order valence-corrected chi connectivity index (χ3v) is 6.06. The van der Waals surface area contributed by atoms with Crippen LogP contribution in [0.4, 0.5) is 0 Å². The quantitative estimate of drug-likeness (QED) is 0.676. The minimum atomic E-state index is -0.307. The SMILES string of the molecule is O=C(c1cc(=O)c2ccccc2o1)N1CCN(C(=O)C2CC2c2ccccc2)CC1. The second-order valence-electron chi connectivity index (χ2n) is 7.95. The molecule has 1 saturated carbocycles. The molecule has 6 nitrogen and oxygen atoms in total. The zero-order chi connectivity index (χ0) is 20.7. The molecular weight excluding hydrogens is 380 g/mol. The van der Waals surface area contributed by atoms with E-state index in [1.54, 1.807) is 29.2 Å². The Labute approximate surface area is 173 Å². The number of hydrogen-bond donors (Lipinski definition) is 0. The molecule has 6 heteroatoms. The summed E-state index contributed by atoms with van der Waals surface area (Å²) in [5.41, 5.74) is 1.40. The first kappa shape index (κ1) is 18.6. The molecule has 1 aliphatic carbocycles. The number of rotatable bonds is 3. The molecule has 1 aliphatic heterocycles. The molecule has 0 N–H and O–H groups in total. The number of carbonyl (C=O) groups excluding carboxylic acids is 2. The first-order valence-electron chi connectivity index (χ1n) is 10.3. The molecule has 0 spiro atoms.